The first-order valence-corrected chi connectivity index (χ1v) is 10.3. The van der Waals surface area contributed by atoms with Crippen molar-refractivity contribution >= 4 is 22.2 Å². The molecule has 1 amide bonds. The first kappa shape index (κ1) is 20.4. The molecule has 2 heterocycles. The molecule has 28 heavy (non-hydrogen) atoms. The van der Waals surface area contributed by atoms with Gasteiger partial charge in [0.15, 0.2) is 0 Å². The van der Waals surface area contributed by atoms with Crippen molar-refractivity contribution in [2.45, 2.75) is 52.7 Å². The van der Waals surface area contributed by atoms with Crippen LogP contribution in [0.15, 0.2) is 24.3 Å². The van der Waals surface area contributed by atoms with Crippen LogP contribution in [0.2, 0.25) is 0 Å². The second-order valence-electron chi connectivity index (χ2n) is 8.05. The second-order valence-corrected chi connectivity index (χ2v) is 9.16. The number of anilines is 1. The van der Waals surface area contributed by atoms with Crippen molar-refractivity contribution in [1.29, 1.82) is 5.26 Å². The summed E-state index contributed by atoms with van der Waals surface area (Å²) < 4.78 is 11.5. The molecule has 1 aliphatic rings. The van der Waals surface area contributed by atoms with Gasteiger partial charge in [-0.15, -0.1) is 11.3 Å². The van der Waals surface area contributed by atoms with Crippen molar-refractivity contribution in [3.05, 3.63) is 45.8 Å². The maximum Gasteiger partial charge on any atom is 0.256 e. The van der Waals surface area contributed by atoms with Crippen LogP contribution in [0.25, 0.3) is 0 Å². The number of nitrogens with one attached hydrogen (secondary N) is 1. The summed E-state index contributed by atoms with van der Waals surface area (Å²) in [6, 6.07) is 9.35. The van der Waals surface area contributed by atoms with Crippen LogP contribution in [-0.2, 0) is 17.8 Å². The van der Waals surface area contributed by atoms with Gasteiger partial charge in [0.25, 0.3) is 5.91 Å². The van der Waals surface area contributed by atoms with E-state index in [4.69, 9.17) is 9.47 Å². The summed E-state index contributed by atoms with van der Waals surface area (Å²) >= 11 is 1.42. The maximum absolute atomic E-state index is 12.7. The smallest absolute Gasteiger partial charge is 0.256 e. The highest BCUT2D eigenvalue weighted by Crippen LogP contribution is 2.40. The topological polar surface area (TPSA) is 71.3 Å². The van der Waals surface area contributed by atoms with E-state index in [0.717, 1.165) is 22.6 Å². The third-order valence-corrected chi connectivity index (χ3v) is 5.83. The van der Waals surface area contributed by atoms with Crippen LogP contribution in [0.5, 0.6) is 5.75 Å². The summed E-state index contributed by atoms with van der Waals surface area (Å²) in [4.78, 5) is 13.7. The highest BCUT2D eigenvalue weighted by atomic mass is 32.1. The van der Waals surface area contributed by atoms with Crippen molar-refractivity contribution in [2.24, 2.45) is 5.92 Å². The average Bonchev–Trinajstić information content (AvgIpc) is 2.97. The van der Waals surface area contributed by atoms with Crippen molar-refractivity contribution in [2.75, 3.05) is 11.9 Å². The van der Waals surface area contributed by atoms with Gasteiger partial charge in [0.2, 0.25) is 0 Å². The first-order valence-electron chi connectivity index (χ1n) is 9.52. The Kier molecular flexibility index (Phi) is 6.07. The van der Waals surface area contributed by atoms with E-state index in [0.29, 0.717) is 41.7 Å². The summed E-state index contributed by atoms with van der Waals surface area (Å²) in [5, 5.41) is 13.1. The van der Waals surface area contributed by atoms with E-state index in [-0.39, 0.29) is 11.5 Å². The third-order valence-electron chi connectivity index (χ3n) is 4.71. The van der Waals surface area contributed by atoms with E-state index in [1.807, 2.05) is 13.8 Å². The summed E-state index contributed by atoms with van der Waals surface area (Å²) in [7, 11) is 0. The Morgan fingerprint density at radius 2 is 2.07 bits per heavy atom. The lowest BCUT2D eigenvalue weighted by molar-refractivity contribution is -0.0383. The van der Waals surface area contributed by atoms with Crippen molar-refractivity contribution in [1.82, 2.24) is 0 Å². The minimum absolute atomic E-state index is 0.232. The van der Waals surface area contributed by atoms with E-state index >= 15 is 0 Å². The number of fused-ring (bicyclic) bond motifs is 1. The van der Waals surface area contributed by atoms with Gasteiger partial charge in [-0.2, -0.15) is 5.26 Å². The van der Waals surface area contributed by atoms with Crippen LogP contribution in [0.1, 0.15) is 60.5 Å². The fourth-order valence-electron chi connectivity index (χ4n) is 3.05. The number of nitriles is 1. The molecule has 0 bridgehead atoms. The Morgan fingerprint density at radius 1 is 1.36 bits per heavy atom. The van der Waals surface area contributed by atoms with Crippen LogP contribution < -0.4 is 10.1 Å². The fraction of sp³-hybridized carbons (Fsp3) is 0.455. The normalized spacial score (nSPS) is 15.0. The number of rotatable bonds is 6. The zero-order valence-corrected chi connectivity index (χ0v) is 17.6. The van der Waals surface area contributed by atoms with Gasteiger partial charge in [0.1, 0.15) is 16.8 Å². The molecule has 1 aromatic carbocycles. The zero-order valence-electron chi connectivity index (χ0n) is 16.8. The maximum atomic E-state index is 12.7. The molecule has 0 fully saturated rings. The Morgan fingerprint density at radius 3 is 2.71 bits per heavy atom. The quantitative estimate of drug-likeness (QED) is 0.730. The number of thiophene rings is 1. The van der Waals surface area contributed by atoms with Gasteiger partial charge >= 0.3 is 0 Å². The third kappa shape index (κ3) is 4.73. The molecule has 2 aromatic rings. The molecule has 0 aliphatic carbocycles. The van der Waals surface area contributed by atoms with Crippen LogP contribution in [0.3, 0.4) is 0 Å². The predicted octanol–water partition coefficient (Wildman–Crippen LogP) is 5.15. The molecule has 1 aromatic heterocycles. The Bertz CT molecular complexity index is 892. The Hall–Kier alpha value is -2.36. The van der Waals surface area contributed by atoms with Crippen LogP contribution in [0.4, 0.5) is 5.00 Å². The van der Waals surface area contributed by atoms with E-state index in [2.05, 4.69) is 25.2 Å². The number of carbonyl (C=O) groups is 1. The molecular weight excluding hydrogens is 372 g/mol. The SMILES string of the molecule is CC(C)CCOc1ccc(C(=O)Nc2sc3c(c2C#N)CC(C)(C)OC3)cc1. The van der Waals surface area contributed by atoms with E-state index in [1.54, 1.807) is 24.3 Å². The lowest BCUT2D eigenvalue weighted by Crippen LogP contribution is -2.31. The molecule has 1 N–H and O–H groups in total. The van der Waals surface area contributed by atoms with Crippen molar-refractivity contribution in [3.8, 4) is 11.8 Å². The minimum atomic E-state index is -0.299. The number of ether oxygens (including phenoxy) is 2. The number of nitrogens with zero attached hydrogens (tertiary/aromatic N) is 1. The number of hydrogen-bond acceptors (Lipinski definition) is 5. The predicted molar refractivity (Wildman–Crippen MR) is 111 cm³/mol. The second kappa shape index (κ2) is 8.34. The van der Waals surface area contributed by atoms with E-state index in [1.165, 1.54) is 11.3 Å². The standard InChI is InChI=1S/C22H26N2O3S/c1-14(2)9-10-26-16-7-5-15(6-8-16)20(25)24-21-18(12-23)17-11-22(3,4)27-13-19(17)28-21/h5-8,14H,9-11,13H2,1-4H3,(H,24,25). The van der Waals surface area contributed by atoms with Gasteiger partial charge in [-0.1, -0.05) is 13.8 Å². The summed E-state index contributed by atoms with van der Waals surface area (Å²) in [6.45, 7) is 9.47. The first-order chi connectivity index (χ1) is 13.3. The van der Waals surface area contributed by atoms with Gasteiger partial charge < -0.3 is 14.8 Å². The number of hydrogen-bond donors (Lipinski definition) is 1. The average molecular weight is 399 g/mol. The minimum Gasteiger partial charge on any atom is -0.494 e. The molecule has 148 valence electrons. The lowest BCUT2D eigenvalue weighted by Gasteiger charge is -2.29. The Balaban J connectivity index is 1.70. The van der Waals surface area contributed by atoms with Gasteiger partial charge in [-0.05, 0) is 56.0 Å². The highest BCUT2D eigenvalue weighted by Gasteiger charge is 2.31. The molecular formula is C22H26N2O3S. The molecule has 0 unspecified atom stereocenters. The summed E-state index contributed by atoms with van der Waals surface area (Å²) in [6.07, 6.45) is 1.66. The molecule has 0 saturated heterocycles. The fourth-order valence-corrected chi connectivity index (χ4v) is 4.13. The lowest BCUT2D eigenvalue weighted by atomic mass is 9.93. The molecule has 6 heteroatoms. The molecule has 0 atom stereocenters. The molecule has 3 rings (SSSR count). The summed E-state index contributed by atoms with van der Waals surface area (Å²) in [5.41, 5.74) is 1.78. The van der Waals surface area contributed by atoms with Crippen LogP contribution in [-0.4, -0.2) is 18.1 Å². The Labute approximate surface area is 170 Å². The van der Waals surface area contributed by atoms with Gasteiger partial charge in [-0.25, -0.2) is 0 Å². The van der Waals surface area contributed by atoms with Crippen molar-refractivity contribution < 1.29 is 14.3 Å². The largest absolute Gasteiger partial charge is 0.494 e. The monoisotopic (exact) mass is 398 g/mol. The summed E-state index contributed by atoms with van der Waals surface area (Å²) in [5.74, 6) is 1.11. The van der Waals surface area contributed by atoms with E-state index < -0.39 is 0 Å². The zero-order chi connectivity index (χ0) is 20.3. The number of amides is 1. The van der Waals surface area contributed by atoms with Gasteiger partial charge in [-0.3, -0.25) is 4.79 Å². The number of benzene rings is 1. The highest BCUT2D eigenvalue weighted by molar-refractivity contribution is 7.16. The molecule has 1 aliphatic heterocycles. The molecule has 0 spiro atoms. The molecule has 0 saturated carbocycles. The van der Waals surface area contributed by atoms with Gasteiger partial charge in [0.05, 0.1) is 24.4 Å². The van der Waals surface area contributed by atoms with Gasteiger partial charge in [0, 0.05) is 16.9 Å². The molecule has 0 radical (unpaired) electrons. The number of carbonyl (C=O) groups excluding carboxylic acids is 1. The van der Waals surface area contributed by atoms with Crippen LogP contribution >= 0.6 is 11.3 Å². The van der Waals surface area contributed by atoms with Crippen LogP contribution in [0, 0.1) is 17.2 Å². The van der Waals surface area contributed by atoms with E-state index in [9.17, 15) is 10.1 Å². The molecule has 5 nitrogen and oxygen atoms in total. The van der Waals surface area contributed by atoms with Crippen molar-refractivity contribution in [3.63, 3.8) is 0 Å².